The third-order valence-electron chi connectivity index (χ3n) is 13.6. The third kappa shape index (κ3) is 11.4. The predicted molar refractivity (Wildman–Crippen MR) is 264 cm³/mol. The zero-order valence-electron chi connectivity index (χ0n) is 41.4. The number of aryl methyl sites for hydroxylation is 2. The molecule has 3 aromatic rings. The van der Waals surface area contributed by atoms with Gasteiger partial charge in [-0.05, 0) is 124 Å². The molecule has 0 fully saturated rings. The standard InChI is InChI=1S/C55H70N4O6.Mg/c1-13-39-34(7)41-29-46-48(38(11)60)36(9)43(57-46)27-42-35(8)40(52(58-42)50-51(55(63)64-12)54(62)49-37(10)44(59-53(49)50)28-45(39)56-41)23-24-47(61)65-26-25-33(6)22-16-21-32(5)20-15-19-31(4)18-14-17-30(2)3;/h17,19,21,25,27-29,34-35,39-40H,13-16,18,20,22-24,26H2,1-12H3,(H3,56,57,58,59,60,62,63);/q;+2/p-3/b31-19+,32-21+,33-25+;/t34-,35+,39-,40+;/m1./s1. The van der Waals surface area contributed by atoms with Gasteiger partial charge in [0.25, 0.3) is 0 Å². The van der Waals surface area contributed by atoms with Crippen LogP contribution in [0.5, 0.6) is 0 Å². The zero-order chi connectivity index (χ0) is 47.3. The Hall–Kier alpha value is -5.00. The van der Waals surface area contributed by atoms with E-state index in [0.717, 1.165) is 67.5 Å². The molecule has 6 rings (SSSR count). The van der Waals surface area contributed by atoms with Crippen molar-refractivity contribution in [2.75, 3.05) is 13.7 Å². The van der Waals surface area contributed by atoms with Crippen LogP contribution in [0.4, 0.5) is 0 Å². The van der Waals surface area contributed by atoms with Crippen LogP contribution < -0.4 is 15.1 Å². The first-order chi connectivity index (χ1) is 30.9. The van der Waals surface area contributed by atoms with Crippen molar-refractivity contribution >= 4 is 74.2 Å². The molecule has 1 aliphatic carbocycles. The second-order valence-electron chi connectivity index (χ2n) is 18.6. The number of Topliss-reactive ketones (excluding diaryl/α,β-unsaturated/α-hetero) is 1. The molecule has 5 heterocycles. The van der Waals surface area contributed by atoms with E-state index < -0.39 is 17.6 Å². The number of carbonyl (C=O) groups excluding carboxylic acids is 3. The van der Waals surface area contributed by atoms with Crippen molar-refractivity contribution in [3.8, 4) is 0 Å². The topological polar surface area (TPSA) is 147 Å². The molecular weight excluding hydrogens is 837 g/mol. The smallest absolute Gasteiger partial charge is 0.871 e. The van der Waals surface area contributed by atoms with Crippen LogP contribution in [0, 0.1) is 13.8 Å². The maximum atomic E-state index is 14.3. The number of allylic oxidation sites excluding steroid dienone is 7. The molecule has 0 unspecified atom stereocenters. The van der Waals surface area contributed by atoms with Gasteiger partial charge >= 0.3 is 35.0 Å². The molecule has 346 valence electrons. The van der Waals surface area contributed by atoms with Gasteiger partial charge in [0, 0.05) is 52.7 Å². The molecule has 0 radical (unpaired) electrons. The Morgan fingerprint density at radius 1 is 0.712 bits per heavy atom. The van der Waals surface area contributed by atoms with Crippen LogP contribution in [0.2, 0.25) is 0 Å². The van der Waals surface area contributed by atoms with E-state index in [-0.39, 0.29) is 71.2 Å². The molecule has 0 saturated heterocycles. The van der Waals surface area contributed by atoms with Gasteiger partial charge in [-0.2, -0.15) is 0 Å². The van der Waals surface area contributed by atoms with Crippen molar-refractivity contribution in [2.24, 2.45) is 0 Å². The molecule has 3 aromatic heterocycles. The Labute approximate surface area is 407 Å². The van der Waals surface area contributed by atoms with E-state index >= 15 is 0 Å². The van der Waals surface area contributed by atoms with E-state index in [1.165, 1.54) is 23.8 Å². The summed E-state index contributed by atoms with van der Waals surface area (Å²) in [6.45, 7) is 22.5. The van der Waals surface area contributed by atoms with E-state index in [0.29, 0.717) is 62.1 Å². The summed E-state index contributed by atoms with van der Waals surface area (Å²) >= 11 is 0. The minimum Gasteiger partial charge on any atom is -0.871 e. The van der Waals surface area contributed by atoms with Crippen LogP contribution >= 0.6 is 0 Å². The molecule has 0 spiro atoms. The summed E-state index contributed by atoms with van der Waals surface area (Å²) in [5, 5.41) is 14.3. The maximum Gasteiger partial charge on any atom is 2.00 e. The Morgan fingerprint density at radius 2 is 1.27 bits per heavy atom. The van der Waals surface area contributed by atoms with Crippen LogP contribution in [0.3, 0.4) is 0 Å². The van der Waals surface area contributed by atoms with Gasteiger partial charge in [0.05, 0.1) is 18.4 Å². The molecule has 4 atom stereocenters. The quantitative estimate of drug-likeness (QED) is 0.0555. The molecule has 0 aromatic carbocycles. The molecule has 0 amide bonds. The van der Waals surface area contributed by atoms with Gasteiger partial charge in [-0.3, -0.25) is 19.6 Å². The minimum absolute atomic E-state index is 0. The van der Waals surface area contributed by atoms with Crippen molar-refractivity contribution in [3.05, 3.63) is 115 Å². The first-order valence-corrected chi connectivity index (χ1v) is 23.4. The van der Waals surface area contributed by atoms with E-state index in [1.807, 2.05) is 45.0 Å². The second-order valence-corrected chi connectivity index (χ2v) is 18.6. The van der Waals surface area contributed by atoms with E-state index in [9.17, 15) is 19.5 Å². The number of carbonyl (C=O) groups is 3. The fourth-order valence-electron chi connectivity index (χ4n) is 9.60. The maximum absolute atomic E-state index is 14.3. The van der Waals surface area contributed by atoms with Crippen molar-refractivity contribution in [1.29, 1.82) is 0 Å². The van der Waals surface area contributed by atoms with Crippen LogP contribution in [-0.2, 0) is 19.1 Å². The molecular formula is C55H67MgN4O6-. The summed E-state index contributed by atoms with van der Waals surface area (Å²) in [6.07, 6.45) is 16.3. The SMILES string of the molecule is CC[C@H]1c2cc3[n-]c4c(c5nc(cc6[n-]c(cc(n2)[C@@H]1C)c(C(C)=O)c6C)[C@@H](C)[C@@H]5CCC(=O)OC/C=C(\C)CC/C=C(\C)CC/C=C(\C)CCC=C(C)C)C(C(=O)OC)=C([O-])c4c3C.[Mg+2]. The predicted octanol–water partition coefficient (Wildman–Crippen LogP) is 11.4. The summed E-state index contributed by atoms with van der Waals surface area (Å²) in [6, 6.07) is 5.75. The van der Waals surface area contributed by atoms with Crippen LogP contribution in [-0.4, -0.2) is 64.5 Å². The number of methoxy groups -OCH3 is 1. The zero-order valence-corrected chi connectivity index (χ0v) is 42.8. The fraction of sp³-hybridized carbons (Fsp3) is 0.473. The number of fused-ring (bicyclic) bond motifs is 8. The van der Waals surface area contributed by atoms with E-state index in [1.54, 1.807) is 6.92 Å². The summed E-state index contributed by atoms with van der Waals surface area (Å²) in [5.74, 6) is -2.22. The molecule has 0 saturated carbocycles. The number of hydrogen-bond donors (Lipinski definition) is 0. The van der Waals surface area contributed by atoms with Crippen molar-refractivity contribution in [2.45, 2.75) is 158 Å². The second kappa shape index (κ2) is 22.7. The number of rotatable bonds is 17. The summed E-state index contributed by atoms with van der Waals surface area (Å²) in [5.41, 5.74) is 12.7. The summed E-state index contributed by atoms with van der Waals surface area (Å²) < 4.78 is 11.0. The average molecular weight is 904 g/mol. The van der Waals surface area contributed by atoms with Gasteiger partial charge in [0.2, 0.25) is 0 Å². The minimum atomic E-state index is -0.770. The van der Waals surface area contributed by atoms with Gasteiger partial charge in [-0.1, -0.05) is 96.4 Å². The largest absolute Gasteiger partial charge is 2.00 e. The van der Waals surface area contributed by atoms with Gasteiger partial charge in [0.1, 0.15) is 6.61 Å². The molecule has 10 nitrogen and oxygen atoms in total. The van der Waals surface area contributed by atoms with Gasteiger partial charge in [0.15, 0.2) is 5.78 Å². The Morgan fingerprint density at radius 3 is 1.88 bits per heavy atom. The molecule has 0 N–H and O–H groups in total. The number of aromatic nitrogens is 4. The van der Waals surface area contributed by atoms with Gasteiger partial charge in [-0.25, -0.2) is 4.79 Å². The molecule has 2 aliphatic heterocycles. The molecule has 11 heteroatoms. The molecule has 8 bridgehead atoms. The monoisotopic (exact) mass is 903 g/mol. The van der Waals surface area contributed by atoms with Gasteiger partial charge < -0.3 is 24.5 Å². The number of ketones is 1. The number of ether oxygens (including phenoxy) is 2. The van der Waals surface area contributed by atoms with Crippen LogP contribution in [0.15, 0.2) is 64.8 Å². The Kier molecular flexibility index (Phi) is 17.8. The van der Waals surface area contributed by atoms with E-state index in [2.05, 4.69) is 66.7 Å². The fourth-order valence-corrected chi connectivity index (χ4v) is 9.60. The Bertz CT molecular complexity index is 2690. The van der Waals surface area contributed by atoms with Gasteiger partial charge in [-0.15, -0.1) is 22.1 Å². The molecule has 3 aliphatic rings. The first kappa shape index (κ1) is 52.0. The first-order valence-electron chi connectivity index (χ1n) is 23.4. The Balaban J connectivity index is 0.00000817. The number of hydrogen-bond acceptors (Lipinski definition) is 8. The third-order valence-corrected chi connectivity index (χ3v) is 13.6. The van der Waals surface area contributed by atoms with Crippen molar-refractivity contribution in [3.63, 3.8) is 0 Å². The number of esters is 2. The molecule has 66 heavy (non-hydrogen) atoms. The average Bonchev–Trinajstić information content (AvgIpc) is 4.00. The van der Waals surface area contributed by atoms with E-state index in [4.69, 9.17) is 29.4 Å². The van der Waals surface area contributed by atoms with Crippen LogP contribution in [0.1, 0.15) is 199 Å². The van der Waals surface area contributed by atoms with Crippen LogP contribution in [0.25, 0.3) is 33.4 Å². The van der Waals surface area contributed by atoms with Crippen molar-refractivity contribution < 1.29 is 29.0 Å². The normalized spacial score (nSPS) is 18.3. The summed E-state index contributed by atoms with van der Waals surface area (Å²) in [4.78, 5) is 60.4. The summed E-state index contributed by atoms with van der Waals surface area (Å²) in [7, 11) is 1.26. The van der Waals surface area contributed by atoms with Crippen molar-refractivity contribution in [1.82, 2.24) is 19.9 Å². The number of nitrogens with zero attached hydrogens (tertiary/aromatic N) is 4.